The van der Waals surface area contributed by atoms with Crippen molar-refractivity contribution in [1.29, 1.82) is 5.26 Å². The van der Waals surface area contributed by atoms with Crippen LogP contribution in [0, 0.1) is 17.1 Å². The quantitative estimate of drug-likeness (QED) is 0.914. The van der Waals surface area contributed by atoms with Gasteiger partial charge in [-0.15, -0.1) is 0 Å². The van der Waals surface area contributed by atoms with Gasteiger partial charge in [0.1, 0.15) is 17.6 Å². The van der Waals surface area contributed by atoms with Crippen molar-refractivity contribution in [3.63, 3.8) is 0 Å². The molecule has 0 saturated heterocycles. The molecule has 0 amide bonds. The number of benzene rings is 1. The van der Waals surface area contributed by atoms with Crippen molar-refractivity contribution in [3.8, 4) is 6.07 Å². The second-order valence-corrected chi connectivity index (χ2v) is 4.51. The zero-order valence-corrected chi connectivity index (χ0v) is 11.1. The van der Waals surface area contributed by atoms with Crippen LogP contribution >= 0.6 is 27.5 Å². The molecule has 0 aliphatic rings. The fourth-order valence-corrected chi connectivity index (χ4v) is 2.15. The molecule has 1 aromatic carbocycles. The lowest BCUT2D eigenvalue weighted by molar-refractivity contribution is 0.627. The van der Waals surface area contributed by atoms with Gasteiger partial charge in [-0.3, -0.25) is 0 Å². The van der Waals surface area contributed by atoms with Crippen LogP contribution in [0.15, 0.2) is 28.9 Å². The highest BCUT2D eigenvalue weighted by atomic mass is 79.9. The van der Waals surface area contributed by atoms with Gasteiger partial charge in [0.2, 0.25) is 5.95 Å². The van der Waals surface area contributed by atoms with Crippen LogP contribution < -0.4 is 5.32 Å². The highest BCUT2D eigenvalue weighted by Gasteiger charge is 2.09. The topological polar surface area (TPSA) is 61.6 Å². The van der Waals surface area contributed by atoms with E-state index in [0.29, 0.717) is 10.2 Å². The predicted molar refractivity (Wildman–Crippen MR) is 69.1 cm³/mol. The normalized spacial score (nSPS) is 9.89. The molecular weight excluding hydrogens is 323 g/mol. The van der Waals surface area contributed by atoms with E-state index in [1.807, 2.05) is 6.07 Å². The lowest BCUT2D eigenvalue weighted by Crippen LogP contribution is -1.99. The van der Waals surface area contributed by atoms with Crippen molar-refractivity contribution >= 4 is 39.2 Å². The zero-order chi connectivity index (χ0) is 13.1. The van der Waals surface area contributed by atoms with Gasteiger partial charge >= 0.3 is 0 Å². The maximum atomic E-state index is 13.0. The van der Waals surface area contributed by atoms with Crippen LogP contribution in [0.4, 0.5) is 16.0 Å². The van der Waals surface area contributed by atoms with Crippen LogP contribution in [0.1, 0.15) is 5.69 Å². The molecule has 0 unspecified atom stereocenters. The van der Waals surface area contributed by atoms with Crippen LogP contribution in [-0.2, 0) is 0 Å². The summed E-state index contributed by atoms with van der Waals surface area (Å²) in [7, 11) is 0. The summed E-state index contributed by atoms with van der Waals surface area (Å²) < 4.78 is 13.5. The Balaban J connectivity index is 2.37. The third kappa shape index (κ3) is 2.75. The summed E-state index contributed by atoms with van der Waals surface area (Å²) in [5, 5.41) is 11.7. The molecule has 0 spiro atoms. The average Bonchev–Trinajstić information content (AvgIpc) is 2.34. The first-order chi connectivity index (χ1) is 8.60. The Morgan fingerprint density at radius 1 is 1.44 bits per heavy atom. The van der Waals surface area contributed by atoms with E-state index in [4.69, 9.17) is 16.9 Å². The third-order valence-electron chi connectivity index (χ3n) is 2.01. The van der Waals surface area contributed by atoms with Crippen LogP contribution in [0.5, 0.6) is 0 Å². The van der Waals surface area contributed by atoms with E-state index in [-0.39, 0.29) is 16.7 Å². The zero-order valence-electron chi connectivity index (χ0n) is 8.78. The summed E-state index contributed by atoms with van der Waals surface area (Å²) >= 11 is 9.09. The Kier molecular flexibility index (Phi) is 3.75. The van der Waals surface area contributed by atoms with Gasteiger partial charge in [-0.1, -0.05) is 11.6 Å². The van der Waals surface area contributed by atoms with Crippen molar-refractivity contribution in [2.75, 3.05) is 5.32 Å². The molecule has 90 valence electrons. The van der Waals surface area contributed by atoms with Gasteiger partial charge in [0.25, 0.3) is 0 Å². The molecule has 0 radical (unpaired) electrons. The number of rotatable bonds is 2. The molecule has 2 rings (SSSR count). The average molecular weight is 328 g/mol. The summed E-state index contributed by atoms with van der Waals surface area (Å²) in [4.78, 5) is 7.88. The minimum absolute atomic E-state index is 0.188. The fourth-order valence-electron chi connectivity index (χ4n) is 1.25. The van der Waals surface area contributed by atoms with Crippen molar-refractivity contribution in [2.24, 2.45) is 0 Å². The van der Waals surface area contributed by atoms with Crippen LogP contribution in [0.2, 0.25) is 5.02 Å². The molecule has 7 heteroatoms. The Labute approximate surface area is 116 Å². The van der Waals surface area contributed by atoms with Gasteiger partial charge in [-0.05, 0) is 34.1 Å². The van der Waals surface area contributed by atoms with Gasteiger partial charge in [0.05, 0.1) is 10.7 Å². The molecule has 0 atom stereocenters. The van der Waals surface area contributed by atoms with E-state index in [9.17, 15) is 4.39 Å². The second kappa shape index (κ2) is 5.29. The molecule has 2 aromatic rings. The minimum atomic E-state index is -0.455. The molecule has 1 aromatic heterocycles. The summed E-state index contributed by atoms with van der Waals surface area (Å²) in [6.07, 6.45) is 1.44. The number of halogens is 3. The van der Waals surface area contributed by atoms with E-state index in [0.717, 1.165) is 0 Å². The fraction of sp³-hybridized carbons (Fsp3) is 0. The first-order valence-electron chi connectivity index (χ1n) is 4.75. The Morgan fingerprint density at radius 3 is 2.89 bits per heavy atom. The summed E-state index contributed by atoms with van der Waals surface area (Å²) in [6, 6.07) is 5.81. The van der Waals surface area contributed by atoms with Crippen molar-refractivity contribution in [2.45, 2.75) is 0 Å². The van der Waals surface area contributed by atoms with E-state index < -0.39 is 5.82 Å². The van der Waals surface area contributed by atoms with E-state index in [1.165, 1.54) is 24.4 Å². The molecule has 1 heterocycles. The highest BCUT2D eigenvalue weighted by molar-refractivity contribution is 9.10. The van der Waals surface area contributed by atoms with E-state index >= 15 is 0 Å². The van der Waals surface area contributed by atoms with Gasteiger partial charge in [-0.25, -0.2) is 14.4 Å². The molecule has 0 aliphatic heterocycles. The van der Waals surface area contributed by atoms with E-state index in [1.54, 1.807) is 0 Å². The van der Waals surface area contributed by atoms with Gasteiger partial charge in [0, 0.05) is 10.7 Å². The maximum absolute atomic E-state index is 13.0. The Hall–Kier alpha value is -1.71. The first-order valence-corrected chi connectivity index (χ1v) is 5.92. The van der Waals surface area contributed by atoms with Gasteiger partial charge < -0.3 is 5.32 Å². The summed E-state index contributed by atoms with van der Waals surface area (Å²) in [6.45, 7) is 0. The molecule has 0 bridgehead atoms. The molecule has 1 N–H and O–H groups in total. The molecule has 4 nitrogen and oxygen atoms in total. The first kappa shape index (κ1) is 12.7. The third-order valence-corrected chi connectivity index (χ3v) is 2.94. The minimum Gasteiger partial charge on any atom is -0.322 e. The SMILES string of the molecule is N#Cc1ccnc(Nc2c(Cl)cc(F)cc2Br)n1. The number of hydrogen-bond donors (Lipinski definition) is 1. The monoisotopic (exact) mass is 326 g/mol. The molecular formula is C11H5BrClFN4. The number of nitrogens with zero attached hydrogens (tertiary/aromatic N) is 3. The lowest BCUT2D eigenvalue weighted by Gasteiger charge is -2.09. The van der Waals surface area contributed by atoms with Crippen molar-refractivity contribution in [1.82, 2.24) is 9.97 Å². The maximum Gasteiger partial charge on any atom is 0.228 e. The Morgan fingerprint density at radius 2 is 2.22 bits per heavy atom. The predicted octanol–water partition coefficient (Wildman–Crippen LogP) is 3.65. The van der Waals surface area contributed by atoms with Gasteiger partial charge in [0.15, 0.2) is 0 Å². The van der Waals surface area contributed by atoms with Crippen LogP contribution in [0.3, 0.4) is 0 Å². The highest BCUT2D eigenvalue weighted by Crippen LogP contribution is 2.33. The van der Waals surface area contributed by atoms with Gasteiger partial charge in [-0.2, -0.15) is 5.26 Å². The largest absolute Gasteiger partial charge is 0.322 e. The summed E-state index contributed by atoms with van der Waals surface area (Å²) in [5.41, 5.74) is 0.662. The number of aromatic nitrogens is 2. The number of hydrogen-bond acceptors (Lipinski definition) is 4. The van der Waals surface area contributed by atoms with Crippen molar-refractivity contribution in [3.05, 3.63) is 45.4 Å². The smallest absolute Gasteiger partial charge is 0.228 e. The van der Waals surface area contributed by atoms with Crippen LogP contribution in [-0.4, -0.2) is 9.97 Å². The number of nitriles is 1. The van der Waals surface area contributed by atoms with E-state index in [2.05, 4.69) is 31.2 Å². The molecule has 18 heavy (non-hydrogen) atoms. The second-order valence-electron chi connectivity index (χ2n) is 3.25. The summed E-state index contributed by atoms with van der Waals surface area (Å²) in [5.74, 6) is -0.243. The lowest BCUT2D eigenvalue weighted by atomic mass is 10.3. The molecule has 0 saturated carbocycles. The van der Waals surface area contributed by atoms with Crippen LogP contribution in [0.25, 0.3) is 0 Å². The van der Waals surface area contributed by atoms with Crippen molar-refractivity contribution < 1.29 is 4.39 Å². The molecule has 0 aliphatic carbocycles. The standard InChI is InChI=1S/C11H5BrClFN4/c12-8-3-6(14)4-9(13)10(8)18-11-16-2-1-7(5-15)17-11/h1-4H,(H,16,17,18). The number of anilines is 2. The number of nitrogens with one attached hydrogen (secondary N) is 1. The Bertz CT molecular complexity index is 618. The molecule has 0 fully saturated rings.